The van der Waals surface area contributed by atoms with Crippen molar-refractivity contribution in [2.24, 2.45) is 0 Å². The van der Waals surface area contributed by atoms with E-state index in [1.165, 1.54) is 0 Å². The van der Waals surface area contributed by atoms with Gasteiger partial charge in [-0.15, -0.1) is 0 Å². The lowest BCUT2D eigenvalue weighted by atomic mass is 10.3. The largest absolute Gasteiger partial charge is 0.493 e. The standard InChI is InChI=1S/C12H18BrNO3/c1-3-14-7-9(15)8-17-12-10(13)5-4-6-11(12)16-2/h4-6,9,14-15H,3,7-8H2,1-2H3. The topological polar surface area (TPSA) is 50.7 Å². The molecule has 0 amide bonds. The van der Waals surface area contributed by atoms with Crippen molar-refractivity contribution < 1.29 is 14.6 Å². The molecule has 1 rings (SSSR count). The summed E-state index contributed by atoms with van der Waals surface area (Å²) in [6, 6.07) is 5.55. The van der Waals surface area contributed by atoms with Crippen LogP contribution in [0.25, 0.3) is 0 Å². The molecule has 1 unspecified atom stereocenters. The number of ether oxygens (including phenoxy) is 2. The first-order chi connectivity index (χ1) is 8.19. The van der Waals surface area contributed by atoms with Gasteiger partial charge in [0, 0.05) is 6.54 Å². The molecule has 0 saturated heterocycles. The van der Waals surface area contributed by atoms with E-state index in [0.717, 1.165) is 11.0 Å². The number of hydrogen-bond acceptors (Lipinski definition) is 4. The Balaban J connectivity index is 2.56. The summed E-state index contributed by atoms with van der Waals surface area (Å²) in [6.07, 6.45) is -0.535. The molecule has 17 heavy (non-hydrogen) atoms. The van der Waals surface area contributed by atoms with Crippen LogP contribution in [0.2, 0.25) is 0 Å². The summed E-state index contributed by atoms with van der Waals surface area (Å²) in [5.41, 5.74) is 0. The zero-order valence-electron chi connectivity index (χ0n) is 10.1. The fourth-order valence-corrected chi connectivity index (χ4v) is 1.80. The summed E-state index contributed by atoms with van der Waals surface area (Å²) < 4.78 is 11.6. The molecule has 0 spiro atoms. The Hall–Kier alpha value is -0.780. The van der Waals surface area contributed by atoms with Crippen molar-refractivity contribution in [1.29, 1.82) is 0 Å². The molecule has 0 aromatic heterocycles. The molecule has 0 aliphatic carbocycles. The van der Waals surface area contributed by atoms with Crippen molar-refractivity contribution in [3.63, 3.8) is 0 Å². The lowest BCUT2D eigenvalue weighted by Crippen LogP contribution is -2.31. The molecule has 1 aromatic rings. The Labute approximate surface area is 110 Å². The van der Waals surface area contributed by atoms with Gasteiger partial charge in [-0.25, -0.2) is 0 Å². The quantitative estimate of drug-likeness (QED) is 0.806. The molecule has 0 heterocycles. The Morgan fingerprint density at radius 3 is 2.88 bits per heavy atom. The van der Waals surface area contributed by atoms with E-state index < -0.39 is 6.10 Å². The fourth-order valence-electron chi connectivity index (χ4n) is 1.34. The van der Waals surface area contributed by atoms with Crippen LogP contribution in [0.15, 0.2) is 22.7 Å². The average molecular weight is 304 g/mol. The van der Waals surface area contributed by atoms with E-state index in [-0.39, 0.29) is 6.61 Å². The highest BCUT2D eigenvalue weighted by atomic mass is 79.9. The van der Waals surface area contributed by atoms with Crippen LogP contribution in [0, 0.1) is 0 Å². The third kappa shape index (κ3) is 4.53. The lowest BCUT2D eigenvalue weighted by molar-refractivity contribution is 0.105. The predicted molar refractivity (Wildman–Crippen MR) is 70.7 cm³/mol. The first kappa shape index (κ1) is 14.3. The van der Waals surface area contributed by atoms with Gasteiger partial charge in [-0.3, -0.25) is 0 Å². The van der Waals surface area contributed by atoms with Gasteiger partial charge in [0.2, 0.25) is 0 Å². The van der Waals surface area contributed by atoms with Gasteiger partial charge in [0.05, 0.1) is 11.6 Å². The SMILES string of the molecule is CCNCC(O)COc1c(Br)cccc1OC. The first-order valence-corrected chi connectivity index (χ1v) is 6.32. The lowest BCUT2D eigenvalue weighted by Gasteiger charge is -2.15. The van der Waals surface area contributed by atoms with E-state index in [1.807, 2.05) is 25.1 Å². The third-order valence-electron chi connectivity index (χ3n) is 2.20. The summed E-state index contributed by atoms with van der Waals surface area (Å²) in [7, 11) is 1.59. The molecule has 5 heteroatoms. The number of halogens is 1. The molecule has 1 atom stereocenters. The highest BCUT2D eigenvalue weighted by Gasteiger charge is 2.11. The molecule has 0 saturated carbocycles. The molecular weight excluding hydrogens is 286 g/mol. The van der Waals surface area contributed by atoms with E-state index in [0.29, 0.717) is 18.0 Å². The number of para-hydroxylation sites is 1. The van der Waals surface area contributed by atoms with Crippen LogP contribution < -0.4 is 14.8 Å². The zero-order chi connectivity index (χ0) is 12.7. The van der Waals surface area contributed by atoms with Gasteiger partial charge in [0.1, 0.15) is 12.7 Å². The second-order valence-electron chi connectivity index (χ2n) is 3.54. The Kier molecular flexibility index (Phi) is 6.32. The molecule has 1 aromatic carbocycles. The van der Waals surface area contributed by atoms with E-state index in [2.05, 4.69) is 21.2 Å². The maximum Gasteiger partial charge on any atom is 0.175 e. The Morgan fingerprint density at radius 2 is 2.24 bits per heavy atom. The van der Waals surface area contributed by atoms with Gasteiger partial charge in [-0.05, 0) is 34.6 Å². The number of rotatable bonds is 7. The third-order valence-corrected chi connectivity index (χ3v) is 2.83. The van der Waals surface area contributed by atoms with Crippen LogP contribution in [-0.2, 0) is 0 Å². The second-order valence-corrected chi connectivity index (χ2v) is 4.40. The van der Waals surface area contributed by atoms with Gasteiger partial charge in [-0.2, -0.15) is 0 Å². The molecule has 96 valence electrons. The van der Waals surface area contributed by atoms with Crippen LogP contribution >= 0.6 is 15.9 Å². The number of hydrogen-bond donors (Lipinski definition) is 2. The van der Waals surface area contributed by atoms with Crippen LogP contribution in [0.3, 0.4) is 0 Å². The van der Waals surface area contributed by atoms with Gasteiger partial charge < -0.3 is 19.9 Å². The average Bonchev–Trinajstić information content (AvgIpc) is 2.34. The highest BCUT2D eigenvalue weighted by Crippen LogP contribution is 2.34. The number of aliphatic hydroxyl groups is 1. The maximum atomic E-state index is 9.65. The number of likely N-dealkylation sites (N-methyl/N-ethyl adjacent to an activating group) is 1. The van der Waals surface area contributed by atoms with Gasteiger partial charge in [-0.1, -0.05) is 13.0 Å². The van der Waals surface area contributed by atoms with Crippen LogP contribution in [-0.4, -0.2) is 38.0 Å². The zero-order valence-corrected chi connectivity index (χ0v) is 11.7. The highest BCUT2D eigenvalue weighted by molar-refractivity contribution is 9.10. The van der Waals surface area contributed by atoms with Crippen molar-refractivity contribution in [3.8, 4) is 11.5 Å². The van der Waals surface area contributed by atoms with Crippen molar-refractivity contribution in [2.45, 2.75) is 13.0 Å². The molecular formula is C12H18BrNO3. The molecule has 0 fully saturated rings. The fraction of sp³-hybridized carbons (Fsp3) is 0.500. The van der Waals surface area contributed by atoms with Crippen molar-refractivity contribution in [2.75, 3.05) is 26.8 Å². The monoisotopic (exact) mass is 303 g/mol. The minimum atomic E-state index is -0.535. The molecule has 0 aliphatic rings. The minimum Gasteiger partial charge on any atom is -0.493 e. The number of aliphatic hydroxyl groups excluding tert-OH is 1. The minimum absolute atomic E-state index is 0.228. The van der Waals surface area contributed by atoms with Crippen LogP contribution in [0.4, 0.5) is 0 Å². The Morgan fingerprint density at radius 1 is 1.47 bits per heavy atom. The molecule has 4 nitrogen and oxygen atoms in total. The van der Waals surface area contributed by atoms with E-state index in [9.17, 15) is 5.11 Å². The van der Waals surface area contributed by atoms with E-state index in [4.69, 9.17) is 9.47 Å². The van der Waals surface area contributed by atoms with Crippen LogP contribution in [0.1, 0.15) is 6.92 Å². The number of nitrogens with one attached hydrogen (secondary N) is 1. The summed E-state index contributed by atoms with van der Waals surface area (Å²) in [5, 5.41) is 12.7. The van der Waals surface area contributed by atoms with Gasteiger partial charge in [0.25, 0.3) is 0 Å². The Bertz CT molecular complexity index is 347. The van der Waals surface area contributed by atoms with Crippen LogP contribution in [0.5, 0.6) is 11.5 Å². The molecule has 0 radical (unpaired) electrons. The van der Waals surface area contributed by atoms with Gasteiger partial charge >= 0.3 is 0 Å². The van der Waals surface area contributed by atoms with Crippen molar-refractivity contribution in [3.05, 3.63) is 22.7 Å². The molecule has 0 aliphatic heterocycles. The van der Waals surface area contributed by atoms with Crippen molar-refractivity contribution in [1.82, 2.24) is 5.32 Å². The normalized spacial score (nSPS) is 12.2. The summed E-state index contributed by atoms with van der Waals surface area (Å²) in [4.78, 5) is 0. The molecule has 0 bridgehead atoms. The van der Waals surface area contributed by atoms with Crippen molar-refractivity contribution >= 4 is 15.9 Å². The summed E-state index contributed by atoms with van der Waals surface area (Å²) in [5.74, 6) is 1.26. The number of benzene rings is 1. The summed E-state index contributed by atoms with van der Waals surface area (Å²) in [6.45, 7) is 3.56. The second kappa shape index (κ2) is 7.53. The first-order valence-electron chi connectivity index (χ1n) is 5.53. The smallest absolute Gasteiger partial charge is 0.175 e. The number of methoxy groups -OCH3 is 1. The molecule has 2 N–H and O–H groups in total. The summed E-state index contributed by atoms with van der Waals surface area (Å²) >= 11 is 3.39. The predicted octanol–water partition coefficient (Wildman–Crippen LogP) is 1.81. The van der Waals surface area contributed by atoms with Gasteiger partial charge in [0.15, 0.2) is 11.5 Å². The maximum absolute atomic E-state index is 9.65. The van der Waals surface area contributed by atoms with E-state index in [1.54, 1.807) is 7.11 Å². The van der Waals surface area contributed by atoms with E-state index >= 15 is 0 Å².